The van der Waals surface area contributed by atoms with E-state index < -0.39 is 10.0 Å². The molecule has 21 heavy (non-hydrogen) atoms. The molecule has 0 bridgehead atoms. The maximum atomic E-state index is 12.3. The van der Waals surface area contributed by atoms with Crippen molar-refractivity contribution in [3.8, 4) is 0 Å². The van der Waals surface area contributed by atoms with Gasteiger partial charge < -0.3 is 5.73 Å². The maximum absolute atomic E-state index is 12.3. The Morgan fingerprint density at radius 1 is 1.19 bits per heavy atom. The van der Waals surface area contributed by atoms with E-state index >= 15 is 0 Å². The second kappa shape index (κ2) is 6.90. The molecule has 2 rings (SSSR count). The molecule has 1 aromatic rings. The van der Waals surface area contributed by atoms with E-state index in [0.717, 1.165) is 42.4 Å². The van der Waals surface area contributed by atoms with Crippen molar-refractivity contribution < 1.29 is 8.42 Å². The molecule has 0 aliphatic carbocycles. The number of sulfonamides is 1. The molecule has 1 atom stereocenters. The van der Waals surface area contributed by atoms with Crippen LogP contribution >= 0.6 is 0 Å². The molecule has 0 saturated heterocycles. The van der Waals surface area contributed by atoms with Gasteiger partial charge in [0.15, 0.2) is 0 Å². The fourth-order valence-corrected chi connectivity index (χ4v) is 4.33. The lowest BCUT2D eigenvalue weighted by Gasteiger charge is -2.15. The molecule has 0 saturated carbocycles. The lowest BCUT2D eigenvalue weighted by Crippen LogP contribution is -2.28. The highest BCUT2D eigenvalue weighted by molar-refractivity contribution is 7.89. The van der Waals surface area contributed by atoms with Crippen LogP contribution in [-0.4, -0.2) is 18.5 Å². The van der Waals surface area contributed by atoms with E-state index in [9.17, 15) is 8.42 Å². The summed E-state index contributed by atoms with van der Waals surface area (Å²) in [5, 5.41) is 0. The Morgan fingerprint density at radius 2 is 1.90 bits per heavy atom. The van der Waals surface area contributed by atoms with E-state index in [-0.39, 0.29) is 11.8 Å². The molecule has 1 aliphatic rings. The number of rotatable bonds is 7. The third-order valence-corrected chi connectivity index (χ3v) is 5.95. The van der Waals surface area contributed by atoms with Gasteiger partial charge in [-0.05, 0) is 29.5 Å². The Hall–Kier alpha value is -0.910. The average molecular weight is 310 g/mol. The Balaban J connectivity index is 2.12. The van der Waals surface area contributed by atoms with Crippen molar-refractivity contribution in [2.45, 2.75) is 58.7 Å². The molecule has 0 radical (unpaired) electrons. The highest BCUT2D eigenvalue weighted by Crippen LogP contribution is 2.28. The Kier molecular flexibility index (Phi) is 5.41. The monoisotopic (exact) mass is 310 g/mol. The predicted octanol–water partition coefficient (Wildman–Crippen LogP) is 2.93. The lowest BCUT2D eigenvalue weighted by atomic mass is 9.99. The molecular weight excluding hydrogens is 284 g/mol. The summed E-state index contributed by atoms with van der Waals surface area (Å²) in [6, 6.07) is 6.22. The molecular formula is C16H26N2O2S. The highest BCUT2D eigenvalue weighted by Gasteiger charge is 2.28. The number of unbranched alkanes of at least 4 members (excludes halogenated alkanes) is 1. The maximum Gasteiger partial charge on any atom is 0.214 e. The van der Waals surface area contributed by atoms with Gasteiger partial charge in [-0.25, -0.2) is 8.42 Å². The predicted molar refractivity (Wildman–Crippen MR) is 86.2 cm³/mol. The normalized spacial score (nSPS) is 16.9. The first kappa shape index (κ1) is 16.5. The standard InChI is InChI=1S/C16H26N2O2S/c1-3-5-9-21(19,20)18-11-14-8-7-13(10-15(14)12-18)16(17)6-4-2/h7-8,10,16H,3-6,9,11-12,17H2,1-2H3. The largest absolute Gasteiger partial charge is 0.324 e. The van der Waals surface area contributed by atoms with Crippen molar-refractivity contribution in [3.05, 3.63) is 34.9 Å². The number of benzene rings is 1. The summed E-state index contributed by atoms with van der Waals surface area (Å²) in [6.45, 7) is 5.13. The first-order chi connectivity index (χ1) is 9.97. The van der Waals surface area contributed by atoms with Crippen LogP contribution in [0.3, 0.4) is 0 Å². The van der Waals surface area contributed by atoms with Crippen LogP contribution in [0.25, 0.3) is 0 Å². The van der Waals surface area contributed by atoms with Gasteiger partial charge in [0.1, 0.15) is 0 Å². The number of fused-ring (bicyclic) bond motifs is 1. The van der Waals surface area contributed by atoms with Crippen LogP contribution in [0.5, 0.6) is 0 Å². The molecule has 4 nitrogen and oxygen atoms in total. The molecule has 0 amide bonds. The fraction of sp³-hybridized carbons (Fsp3) is 0.625. The van der Waals surface area contributed by atoms with Crippen molar-refractivity contribution in [1.29, 1.82) is 0 Å². The number of hydrogen-bond donors (Lipinski definition) is 1. The molecule has 0 spiro atoms. The second-order valence-electron chi connectivity index (χ2n) is 5.86. The zero-order valence-electron chi connectivity index (χ0n) is 13.0. The summed E-state index contributed by atoms with van der Waals surface area (Å²) in [5.74, 6) is 0.250. The molecule has 1 aliphatic heterocycles. The van der Waals surface area contributed by atoms with Gasteiger partial charge >= 0.3 is 0 Å². The van der Waals surface area contributed by atoms with E-state index in [4.69, 9.17) is 5.73 Å². The zero-order chi connectivity index (χ0) is 15.5. The summed E-state index contributed by atoms with van der Waals surface area (Å²) < 4.78 is 26.2. The molecule has 118 valence electrons. The van der Waals surface area contributed by atoms with Gasteiger partial charge in [-0.2, -0.15) is 4.31 Å². The van der Waals surface area contributed by atoms with Crippen molar-refractivity contribution in [2.24, 2.45) is 5.73 Å². The Morgan fingerprint density at radius 3 is 2.57 bits per heavy atom. The summed E-state index contributed by atoms with van der Waals surface area (Å²) in [4.78, 5) is 0. The number of hydrogen-bond acceptors (Lipinski definition) is 3. The minimum atomic E-state index is -3.13. The third-order valence-electron chi connectivity index (χ3n) is 4.10. The van der Waals surface area contributed by atoms with Crippen molar-refractivity contribution in [2.75, 3.05) is 5.75 Å². The van der Waals surface area contributed by atoms with E-state index in [1.807, 2.05) is 19.1 Å². The SMILES string of the molecule is CCCCS(=O)(=O)N1Cc2ccc(C(N)CCC)cc2C1. The van der Waals surface area contributed by atoms with Gasteiger partial charge in [0, 0.05) is 19.1 Å². The van der Waals surface area contributed by atoms with Crippen molar-refractivity contribution in [1.82, 2.24) is 4.31 Å². The third kappa shape index (κ3) is 3.84. The summed E-state index contributed by atoms with van der Waals surface area (Å²) in [6.07, 6.45) is 3.63. The van der Waals surface area contributed by atoms with Crippen LogP contribution < -0.4 is 5.73 Å². The molecule has 1 unspecified atom stereocenters. The average Bonchev–Trinajstić information content (AvgIpc) is 2.89. The van der Waals surface area contributed by atoms with E-state index in [2.05, 4.69) is 13.0 Å². The summed E-state index contributed by atoms with van der Waals surface area (Å²) in [7, 11) is -3.13. The fourth-order valence-electron chi connectivity index (χ4n) is 2.74. The van der Waals surface area contributed by atoms with Crippen LogP contribution in [0.15, 0.2) is 18.2 Å². The van der Waals surface area contributed by atoms with Crippen LogP contribution in [0.4, 0.5) is 0 Å². The van der Waals surface area contributed by atoms with Gasteiger partial charge in [-0.3, -0.25) is 0 Å². The quantitative estimate of drug-likeness (QED) is 0.842. The molecule has 0 aromatic heterocycles. The van der Waals surface area contributed by atoms with Gasteiger partial charge in [0.05, 0.1) is 5.75 Å². The van der Waals surface area contributed by atoms with Gasteiger partial charge in [-0.1, -0.05) is 44.9 Å². The van der Waals surface area contributed by atoms with Crippen molar-refractivity contribution >= 4 is 10.0 Å². The molecule has 5 heteroatoms. The number of nitrogens with zero attached hydrogens (tertiary/aromatic N) is 1. The first-order valence-corrected chi connectivity index (χ1v) is 9.44. The second-order valence-corrected chi connectivity index (χ2v) is 7.95. The van der Waals surface area contributed by atoms with Gasteiger partial charge in [-0.15, -0.1) is 0 Å². The molecule has 0 fully saturated rings. The van der Waals surface area contributed by atoms with E-state index in [1.54, 1.807) is 4.31 Å². The molecule has 1 heterocycles. The Labute approximate surface area is 128 Å². The Bertz CT molecular complexity index is 584. The lowest BCUT2D eigenvalue weighted by molar-refractivity contribution is 0.430. The minimum absolute atomic E-state index is 0.0473. The summed E-state index contributed by atoms with van der Waals surface area (Å²) >= 11 is 0. The van der Waals surface area contributed by atoms with Crippen LogP contribution in [0.2, 0.25) is 0 Å². The summed E-state index contributed by atoms with van der Waals surface area (Å²) in [5.41, 5.74) is 9.49. The first-order valence-electron chi connectivity index (χ1n) is 7.83. The van der Waals surface area contributed by atoms with Crippen molar-refractivity contribution in [3.63, 3.8) is 0 Å². The van der Waals surface area contributed by atoms with E-state index in [1.165, 1.54) is 0 Å². The minimum Gasteiger partial charge on any atom is -0.324 e. The van der Waals surface area contributed by atoms with Crippen LogP contribution in [0.1, 0.15) is 62.3 Å². The van der Waals surface area contributed by atoms with Crippen LogP contribution in [-0.2, 0) is 23.1 Å². The zero-order valence-corrected chi connectivity index (χ0v) is 13.8. The number of nitrogens with two attached hydrogens (primary N) is 1. The highest BCUT2D eigenvalue weighted by atomic mass is 32.2. The van der Waals surface area contributed by atoms with E-state index in [0.29, 0.717) is 13.1 Å². The smallest absolute Gasteiger partial charge is 0.214 e. The van der Waals surface area contributed by atoms with Crippen LogP contribution in [0, 0.1) is 0 Å². The topological polar surface area (TPSA) is 63.4 Å². The molecule has 2 N–H and O–H groups in total. The van der Waals surface area contributed by atoms with Gasteiger partial charge in [0.25, 0.3) is 0 Å². The molecule has 1 aromatic carbocycles. The van der Waals surface area contributed by atoms with Gasteiger partial charge in [0.2, 0.25) is 10.0 Å².